The number of rotatable bonds is 3. The fourth-order valence-electron chi connectivity index (χ4n) is 3.25. The summed E-state index contributed by atoms with van der Waals surface area (Å²) in [4.78, 5) is 10.1. The van der Waals surface area contributed by atoms with Crippen molar-refractivity contribution in [2.24, 2.45) is 0 Å². The van der Waals surface area contributed by atoms with E-state index in [1.807, 2.05) is 55.6 Å². The number of aromatic amines is 1. The van der Waals surface area contributed by atoms with Gasteiger partial charge >= 0.3 is 0 Å². The van der Waals surface area contributed by atoms with Crippen molar-refractivity contribution < 1.29 is 0 Å². The van der Waals surface area contributed by atoms with Gasteiger partial charge in [-0.2, -0.15) is 0 Å². The van der Waals surface area contributed by atoms with Crippen LogP contribution in [0, 0.1) is 6.92 Å². The molecule has 1 fully saturated rings. The summed E-state index contributed by atoms with van der Waals surface area (Å²) in [5.41, 5.74) is 4.16. The lowest BCUT2D eigenvalue weighted by atomic mass is 10.0. The van der Waals surface area contributed by atoms with Gasteiger partial charge in [0.05, 0.1) is 11.7 Å². The fourth-order valence-corrected chi connectivity index (χ4v) is 3.72. The normalized spacial score (nSPS) is 19.9. The van der Waals surface area contributed by atoms with Crippen LogP contribution < -0.4 is 10.2 Å². The van der Waals surface area contributed by atoms with Gasteiger partial charge in [0.15, 0.2) is 5.11 Å². The Hall–Kier alpha value is -2.37. The smallest absolute Gasteiger partial charge is 0.174 e. The second-order valence-corrected chi connectivity index (χ2v) is 6.89. The van der Waals surface area contributed by atoms with Crippen molar-refractivity contribution in [1.29, 1.82) is 0 Å². The first-order valence-corrected chi connectivity index (χ1v) is 8.84. The minimum Gasteiger partial charge on any atom is -0.361 e. The maximum atomic E-state index is 6.05. The number of H-pyrrole nitrogens is 1. The molecule has 0 bridgehead atoms. The Balaban J connectivity index is 1.81. The highest BCUT2D eigenvalue weighted by atomic mass is 35.5. The number of aryl methyl sites for hydroxylation is 1. The van der Waals surface area contributed by atoms with E-state index in [0.29, 0.717) is 10.1 Å². The minimum atomic E-state index is -0.0394. The van der Waals surface area contributed by atoms with Crippen LogP contribution in [0.4, 0.5) is 5.69 Å². The molecular weight excluding hydrogens is 352 g/mol. The van der Waals surface area contributed by atoms with Gasteiger partial charge in [0, 0.05) is 28.3 Å². The molecule has 1 aliphatic rings. The first-order chi connectivity index (χ1) is 12.1. The van der Waals surface area contributed by atoms with E-state index < -0.39 is 0 Å². The number of hydrogen-bond acceptors (Lipinski definition) is 2. The predicted octanol–water partition coefficient (Wildman–Crippen LogP) is 4.55. The van der Waals surface area contributed by atoms with E-state index in [0.717, 1.165) is 22.8 Å². The molecule has 2 unspecified atom stereocenters. The largest absolute Gasteiger partial charge is 0.361 e. The molecule has 2 N–H and O–H groups in total. The molecule has 3 heterocycles. The number of halogens is 1. The van der Waals surface area contributed by atoms with Crippen LogP contribution in [0.3, 0.4) is 0 Å². The van der Waals surface area contributed by atoms with Crippen molar-refractivity contribution in [1.82, 2.24) is 15.3 Å². The molecule has 126 valence electrons. The average Bonchev–Trinajstić information content (AvgIpc) is 3.20. The summed E-state index contributed by atoms with van der Waals surface area (Å²) >= 11 is 11.7. The van der Waals surface area contributed by atoms with Gasteiger partial charge in [-0.3, -0.25) is 4.98 Å². The van der Waals surface area contributed by atoms with Crippen LogP contribution in [0.15, 0.2) is 60.8 Å². The summed E-state index contributed by atoms with van der Waals surface area (Å²) in [5, 5.41) is 4.81. The van der Waals surface area contributed by atoms with Gasteiger partial charge in [-0.15, -0.1) is 0 Å². The molecule has 0 amide bonds. The van der Waals surface area contributed by atoms with Gasteiger partial charge < -0.3 is 15.2 Å². The molecule has 0 aliphatic carbocycles. The minimum absolute atomic E-state index is 0.0164. The van der Waals surface area contributed by atoms with E-state index >= 15 is 0 Å². The molecule has 1 aliphatic heterocycles. The number of anilines is 1. The Kier molecular flexibility index (Phi) is 4.19. The van der Waals surface area contributed by atoms with Crippen molar-refractivity contribution in [2.45, 2.75) is 19.0 Å². The zero-order chi connectivity index (χ0) is 17.4. The number of hydrogen-bond donors (Lipinski definition) is 2. The van der Waals surface area contributed by atoms with Crippen molar-refractivity contribution in [3.8, 4) is 0 Å². The lowest BCUT2D eigenvalue weighted by molar-refractivity contribution is 0.558. The molecule has 6 heteroatoms. The molecule has 3 aromatic rings. The molecular formula is C19H17ClN4S. The molecule has 0 radical (unpaired) electrons. The molecule has 2 aromatic heterocycles. The third kappa shape index (κ3) is 3.01. The van der Waals surface area contributed by atoms with Crippen LogP contribution in [0.1, 0.15) is 29.2 Å². The second kappa shape index (κ2) is 6.50. The van der Waals surface area contributed by atoms with Crippen LogP contribution in [-0.2, 0) is 0 Å². The van der Waals surface area contributed by atoms with Crippen molar-refractivity contribution in [3.05, 3.63) is 82.9 Å². The summed E-state index contributed by atoms with van der Waals surface area (Å²) < 4.78 is 0. The third-order valence-electron chi connectivity index (χ3n) is 4.38. The fraction of sp³-hybridized carbons (Fsp3) is 0.158. The molecule has 0 spiro atoms. The molecule has 4 nitrogen and oxygen atoms in total. The Bertz CT molecular complexity index is 891. The Morgan fingerprint density at radius 3 is 2.52 bits per heavy atom. The van der Waals surface area contributed by atoms with Crippen molar-refractivity contribution in [3.63, 3.8) is 0 Å². The monoisotopic (exact) mass is 368 g/mol. The average molecular weight is 369 g/mol. The molecule has 1 aromatic carbocycles. The molecule has 4 rings (SSSR count). The third-order valence-corrected chi connectivity index (χ3v) is 4.94. The van der Waals surface area contributed by atoms with E-state index in [2.05, 4.69) is 32.3 Å². The topological polar surface area (TPSA) is 44.0 Å². The van der Waals surface area contributed by atoms with Crippen LogP contribution in [0.25, 0.3) is 0 Å². The molecule has 2 atom stereocenters. The standard InChI is InChI=1S/C19H17ClN4S/c1-12-5-10-16(22-12)18-17(15-4-2-3-11-21-15)23-19(25)24(18)14-8-6-13(20)7-9-14/h2-11,17-18,22H,1H3,(H,23,25). The summed E-state index contributed by atoms with van der Waals surface area (Å²) in [5.74, 6) is 0. The predicted molar refractivity (Wildman–Crippen MR) is 105 cm³/mol. The van der Waals surface area contributed by atoms with Crippen LogP contribution in [-0.4, -0.2) is 15.1 Å². The first kappa shape index (κ1) is 16.1. The van der Waals surface area contributed by atoms with Gasteiger partial charge in [0.1, 0.15) is 6.04 Å². The molecule has 25 heavy (non-hydrogen) atoms. The van der Waals surface area contributed by atoms with Gasteiger partial charge in [-0.25, -0.2) is 0 Å². The number of nitrogens with one attached hydrogen (secondary N) is 2. The van der Waals surface area contributed by atoms with E-state index in [1.54, 1.807) is 0 Å². The Morgan fingerprint density at radius 1 is 1.08 bits per heavy atom. The maximum absolute atomic E-state index is 6.05. The Labute approximate surface area is 156 Å². The SMILES string of the molecule is Cc1ccc(C2C(c3ccccn3)NC(=S)N2c2ccc(Cl)cc2)[nH]1. The number of benzene rings is 1. The summed E-state index contributed by atoms with van der Waals surface area (Å²) in [7, 11) is 0. The number of nitrogens with zero attached hydrogens (tertiary/aromatic N) is 2. The lowest BCUT2D eigenvalue weighted by Gasteiger charge is -2.27. The van der Waals surface area contributed by atoms with Crippen LogP contribution >= 0.6 is 23.8 Å². The lowest BCUT2D eigenvalue weighted by Crippen LogP contribution is -2.29. The Morgan fingerprint density at radius 2 is 1.88 bits per heavy atom. The molecule has 0 saturated carbocycles. The van der Waals surface area contributed by atoms with E-state index in [1.165, 1.54) is 0 Å². The number of aromatic nitrogens is 2. The van der Waals surface area contributed by atoms with Gasteiger partial charge in [-0.1, -0.05) is 17.7 Å². The van der Waals surface area contributed by atoms with Crippen molar-refractivity contribution in [2.75, 3.05) is 4.90 Å². The second-order valence-electron chi connectivity index (χ2n) is 6.07. The van der Waals surface area contributed by atoms with Crippen molar-refractivity contribution >= 4 is 34.6 Å². The van der Waals surface area contributed by atoms with Gasteiger partial charge in [-0.05, 0) is 67.7 Å². The molecule has 1 saturated heterocycles. The van der Waals surface area contributed by atoms with Gasteiger partial charge in [0.25, 0.3) is 0 Å². The number of thiocarbonyl (C=S) groups is 1. The first-order valence-electron chi connectivity index (χ1n) is 8.05. The quantitative estimate of drug-likeness (QED) is 0.666. The van der Waals surface area contributed by atoms with Crippen LogP contribution in [0.2, 0.25) is 5.02 Å². The van der Waals surface area contributed by atoms with E-state index in [-0.39, 0.29) is 12.1 Å². The zero-order valence-electron chi connectivity index (χ0n) is 13.6. The maximum Gasteiger partial charge on any atom is 0.174 e. The number of pyridine rings is 1. The van der Waals surface area contributed by atoms with Gasteiger partial charge in [0.2, 0.25) is 0 Å². The highest BCUT2D eigenvalue weighted by molar-refractivity contribution is 7.80. The van der Waals surface area contributed by atoms with Crippen LogP contribution in [0.5, 0.6) is 0 Å². The van der Waals surface area contributed by atoms with E-state index in [4.69, 9.17) is 23.8 Å². The summed E-state index contributed by atoms with van der Waals surface area (Å²) in [6.07, 6.45) is 1.81. The summed E-state index contributed by atoms with van der Waals surface area (Å²) in [6.45, 7) is 2.05. The van der Waals surface area contributed by atoms with E-state index in [9.17, 15) is 0 Å². The summed E-state index contributed by atoms with van der Waals surface area (Å²) in [6, 6.07) is 17.8. The zero-order valence-corrected chi connectivity index (χ0v) is 15.2. The highest BCUT2D eigenvalue weighted by Gasteiger charge is 2.41. The highest BCUT2D eigenvalue weighted by Crippen LogP contribution is 2.41.